The smallest absolute Gasteiger partial charge is 0.193 e. The molecule has 0 aliphatic carbocycles. The largest absolute Gasteiger partial charge is 0.298 e. The molecule has 0 bridgehead atoms. The van der Waals surface area contributed by atoms with Gasteiger partial charge in [-0.2, -0.15) is 0 Å². The number of rotatable bonds is 3. The molecule has 0 fully saturated rings. The van der Waals surface area contributed by atoms with E-state index in [4.69, 9.17) is 0 Å². The first-order valence-electron chi connectivity index (χ1n) is 1.68. The summed E-state index contributed by atoms with van der Waals surface area (Å²) >= 11 is 0. The van der Waals surface area contributed by atoms with E-state index in [9.17, 15) is 0 Å². The molecular formula is C3H8O2Si. The van der Waals surface area contributed by atoms with Crippen molar-refractivity contribution >= 4 is 10.5 Å². The molecule has 3 heteroatoms. The third-order valence-corrected chi connectivity index (χ3v) is 0.539. The zero-order valence-electron chi connectivity index (χ0n) is 3.81. The maximum absolute atomic E-state index is 4.43. The second-order valence-electron chi connectivity index (χ2n) is 0.740. The van der Waals surface area contributed by atoms with Crippen molar-refractivity contribution in [3.8, 4) is 0 Å². The molecule has 0 aromatic rings. The first kappa shape index (κ1) is 5.88. The van der Waals surface area contributed by atoms with Crippen molar-refractivity contribution in [1.29, 1.82) is 0 Å². The SMILES string of the molecule is C=CCOO[SiH3]. The summed E-state index contributed by atoms with van der Waals surface area (Å²) in [4.78, 5) is 4.43. The first-order valence-corrected chi connectivity index (χ1v) is 2.50. The molecule has 0 saturated carbocycles. The number of hydrogen-bond acceptors (Lipinski definition) is 2. The van der Waals surface area contributed by atoms with Gasteiger partial charge in [0, 0.05) is 0 Å². The number of hydrogen-bond donors (Lipinski definition) is 0. The predicted octanol–water partition coefficient (Wildman–Crippen LogP) is -0.599. The van der Waals surface area contributed by atoms with Crippen LogP contribution in [0.1, 0.15) is 0 Å². The van der Waals surface area contributed by atoms with Gasteiger partial charge in [-0.3, -0.25) is 4.58 Å². The lowest BCUT2D eigenvalue weighted by Gasteiger charge is -1.89. The average molecular weight is 104 g/mol. The Bertz CT molecular complexity index is 37.8. The molecule has 0 radical (unpaired) electrons. The van der Waals surface area contributed by atoms with E-state index in [1.54, 1.807) is 6.08 Å². The van der Waals surface area contributed by atoms with Crippen molar-refractivity contribution < 1.29 is 9.46 Å². The lowest BCUT2D eigenvalue weighted by atomic mass is 10.7. The summed E-state index contributed by atoms with van der Waals surface area (Å²) in [6, 6.07) is 0. The summed E-state index contributed by atoms with van der Waals surface area (Å²) in [7, 11) is 0.633. The molecule has 0 atom stereocenters. The fraction of sp³-hybridized carbons (Fsp3) is 0.333. The molecule has 0 amide bonds. The summed E-state index contributed by atoms with van der Waals surface area (Å²) < 4.78 is 4.35. The lowest BCUT2D eigenvalue weighted by molar-refractivity contribution is -0.192. The van der Waals surface area contributed by atoms with Crippen LogP contribution in [0.3, 0.4) is 0 Å². The van der Waals surface area contributed by atoms with Gasteiger partial charge >= 0.3 is 0 Å². The van der Waals surface area contributed by atoms with Crippen LogP contribution in [-0.4, -0.2) is 17.1 Å². The van der Waals surface area contributed by atoms with Crippen molar-refractivity contribution in [2.75, 3.05) is 6.61 Å². The Morgan fingerprint density at radius 1 is 1.83 bits per heavy atom. The molecule has 0 aromatic carbocycles. The van der Waals surface area contributed by atoms with Crippen LogP contribution in [0.15, 0.2) is 12.7 Å². The van der Waals surface area contributed by atoms with E-state index >= 15 is 0 Å². The van der Waals surface area contributed by atoms with Gasteiger partial charge in [0.2, 0.25) is 0 Å². The zero-order chi connectivity index (χ0) is 4.83. The highest BCUT2D eigenvalue weighted by molar-refractivity contribution is 5.97. The summed E-state index contributed by atoms with van der Waals surface area (Å²) in [5, 5.41) is 0. The molecule has 0 aliphatic rings. The second-order valence-corrected chi connectivity index (χ2v) is 1.07. The van der Waals surface area contributed by atoms with E-state index in [-0.39, 0.29) is 0 Å². The maximum Gasteiger partial charge on any atom is 0.193 e. The van der Waals surface area contributed by atoms with Crippen LogP contribution in [0.25, 0.3) is 0 Å². The quantitative estimate of drug-likeness (QED) is 0.156. The van der Waals surface area contributed by atoms with Crippen LogP contribution in [0.5, 0.6) is 0 Å². The minimum absolute atomic E-state index is 0.490. The van der Waals surface area contributed by atoms with E-state index in [1.165, 1.54) is 0 Å². The summed E-state index contributed by atoms with van der Waals surface area (Å²) in [6.07, 6.45) is 1.64. The summed E-state index contributed by atoms with van der Waals surface area (Å²) in [5.74, 6) is 0. The van der Waals surface area contributed by atoms with Crippen LogP contribution < -0.4 is 0 Å². The Labute approximate surface area is 40.2 Å². The van der Waals surface area contributed by atoms with Gasteiger partial charge in [0.15, 0.2) is 10.5 Å². The predicted molar refractivity (Wildman–Crippen MR) is 27.2 cm³/mol. The molecule has 0 unspecified atom stereocenters. The third-order valence-electron chi connectivity index (χ3n) is 0.304. The fourth-order valence-corrected chi connectivity index (χ4v) is 0.252. The van der Waals surface area contributed by atoms with Crippen molar-refractivity contribution in [3.63, 3.8) is 0 Å². The molecule has 0 N–H and O–H groups in total. The van der Waals surface area contributed by atoms with Crippen molar-refractivity contribution in [1.82, 2.24) is 0 Å². The molecule has 0 rings (SSSR count). The van der Waals surface area contributed by atoms with Gasteiger partial charge < -0.3 is 0 Å². The van der Waals surface area contributed by atoms with Crippen molar-refractivity contribution in [2.45, 2.75) is 0 Å². The molecule has 0 spiro atoms. The summed E-state index contributed by atoms with van der Waals surface area (Å²) in [6.45, 7) is 3.90. The minimum Gasteiger partial charge on any atom is -0.298 e. The van der Waals surface area contributed by atoms with E-state index in [0.29, 0.717) is 17.1 Å². The molecule has 2 nitrogen and oxygen atoms in total. The van der Waals surface area contributed by atoms with Gasteiger partial charge in [0.1, 0.15) is 0 Å². The van der Waals surface area contributed by atoms with E-state index in [1.807, 2.05) is 0 Å². The fourth-order valence-electron chi connectivity index (χ4n) is 0.116. The van der Waals surface area contributed by atoms with Crippen LogP contribution in [0, 0.1) is 0 Å². The average Bonchev–Trinajstić information content (AvgIpc) is 1.61. The van der Waals surface area contributed by atoms with Crippen LogP contribution in [0.4, 0.5) is 0 Å². The normalized spacial score (nSPS) is 8.67. The van der Waals surface area contributed by atoms with Gasteiger partial charge in [-0.25, -0.2) is 4.89 Å². The molecule has 0 aliphatic heterocycles. The molecule has 36 valence electrons. The maximum atomic E-state index is 4.43. The Balaban J connectivity index is 2.49. The highest BCUT2D eigenvalue weighted by Gasteiger charge is 1.67. The van der Waals surface area contributed by atoms with Crippen molar-refractivity contribution in [3.05, 3.63) is 12.7 Å². The van der Waals surface area contributed by atoms with Crippen LogP contribution >= 0.6 is 0 Å². The van der Waals surface area contributed by atoms with Gasteiger partial charge in [0.25, 0.3) is 0 Å². The minimum atomic E-state index is 0.490. The lowest BCUT2D eigenvalue weighted by Crippen LogP contribution is -1.87. The van der Waals surface area contributed by atoms with Gasteiger partial charge in [-0.15, -0.1) is 6.58 Å². The third kappa shape index (κ3) is 3.88. The highest BCUT2D eigenvalue weighted by Crippen LogP contribution is 1.68. The standard InChI is InChI=1S/C3H8O2Si/c1-2-3-4-5-6/h2H,1,3H2,6H3. The first-order chi connectivity index (χ1) is 2.91. The van der Waals surface area contributed by atoms with Crippen LogP contribution in [0.2, 0.25) is 0 Å². The Morgan fingerprint density at radius 2 is 2.50 bits per heavy atom. The molecule has 0 saturated heterocycles. The Kier molecular flexibility index (Phi) is 4.78. The van der Waals surface area contributed by atoms with Crippen molar-refractivity contribution in [2.24, 2.45) is 0 Å². The highest BCUT2D eigenvalue weighted by atomic mass is 28.2. The second kappa shape index (κ2) is 4.88. The zero-order valence-corrected chi connectivity index (χ0v) is 5.81. The van der Waals surface area contributed by atoms with Gasteiger partial charge in [-0.1, -0.05) is 6.08 Å². The molecule has 6 heavy (non-hydrogen) atoms. The van der Waals surface area contributed by atoms with E-state index in [2.05, 4.69) is 16.0 Å². The monoisotopic (exact) mass is 104 g/mol. The van der Waals surface area contributed by atoms with Gasteiger partial charge in [-0.05, 0) is 0 Å². The molecule has 0 heterocycles. The topological polar surface area (TPSA) is 18.5 Å². The summed E-state index contributed by atoms with van der Waals surface area (Å²) in [5.41, 5.74) is 0. The van der Waals surface area contributed by atoms with E-state index < -0.39 is 0 Å². The Morgan fingerprint density at radius 3 is 2.67 bits per heavy atom. The van der Waals surface area contributed by atoms with E-state index in [0.717, 1.165) is 0 Å². The molecule has 0 aromatic heterocycles. The Hall–Kier alpha value is -0.123. The van der Waals surface area contributed by atoms with Crippen LogP contribution in [-0.2, 0) is 9.46 Å². The van der Waals surface area contributed by atoms with Gasteiger partial charge in [0.05, 0.1) is 6.61 Å². The molecular weight excluding hydrogens is 96.1 g/mol.